The summed E-state index contributed by atoms with van der Waals surface area (Å²) in [6.07, 6.45) is 7.79. The van der Waals surface area contributed by atoms with Crippen LogP contribution in [0, 0.1) is 6.92 Å². The summed E-state index contributed by atoms with van der Waals surface area (Å²) < 4.78 is 26.5. The van der Waals surface area contributed by atoms with Gasteiger partial charge < -0.3 is 5.32 Å². The van der Waals surface area contributed by atoms with Gasteiger partial charge in [-0.25, -0.2) is 13.1 Å². The van der Waals surface area contributed by atoms with E-state index < -0.39 is 10.0 Å². The van der Waals surface area contributed by atoms with Crippen LogP contribution in [0.4, 0.5) is 0 Å². The van der Waals surface area contributed by atoms with Crippen molar-refractivity contribution in [3.63, 3.8) is 0 Å². The van der Waals surface area contributed by atoms with Gasteiger partial charge in [0, 0.05) is 6.54 Å². The van der Waals surface area contributed by atoms with Crippen LogP contribution in [0.2, 0.25) is 0 Å². The van der Waals surface area contributed by atoms with E-state index in [4.69, 9.17) is 0 Å². The second-order valence-corrected chi connectivity index (χ2v) is 7.61. The molecule has 2 N–H and O–H groups in total. The monoisotopic (exact) mass is 336 g/mol. The number of sulfonamides is 1. The van der Waals surface area contributed by atoms with E-state index >= 15 is 0 Å². The predicted molar refractivity (Wildman–Crippen MR) is 90.5 cm³/mol. The third-order valence-electron chi connectivity index (χ3n) is 3.91. The van der Waals surface area contributed by atoms with Gasteiger partial charge in [-0.2, -0.15) is 0 Å². The van der Waals surface area contributed by atoms with Crippen LogP contribution in [0.1, 0.15) is 37.7 Å². The molecule has 1 aliphatic rings. The van der Waals surface area contributed by atoms with Gasteiger partial charge in [-0.15, -0.1) is 0 Å². The highest BCUT2D eigenvalue weighted by Gasteiger charge is 2.15. The number of nitrogens with one attached hydrogen (secondary N) is 2. The zero-order valence-corrected chi connectivity index (χ0v) is 14.3. The van der Waals surface area contributed by atoms with Crippen molar-refractivity contribution in [2.75, 3.05) is 13.1 Å². The highest BCUT2D eigenvalue weighted by molar-refractivity contribution is 7.89. The van der Waals surface area contributed by atoms with E-state index in [1.165, 1.54) is 30.5 Å². The lowest BCUT2D eigenvalue weighted by Crippen LogP contribution is -2.37. The van der Waals surface area contributed by atoms with Crippen molar-refractivity contribution >= 4 is 15.9 Å². The van der Waals surface area contributed by atoms with Crippen LogP contribution in [0.3, 0.4) is 0 Å². The van der Waals surface area contributed by atoms with Gasteiger partial charge in [0.1, 0.15) is 0 Å². The minimum Gasteiger partial charge on any atom is -0.355 e. The van der Waals surface area contributed by atoms with Crippen molar-refractivity contribution in [1.82, 2.24) is 10.0 Å². The number of hydrogen-bond donors (Lipinski definition) is 2. The molecule has 0 fully saturated rings. The Morgan fingerprint density at radius 2 is 1.91 bits per heavy atom. The lowest BCUT2D eigenvalue weighted by atomic mass is 9.97. The van der Waals surface area contributed by atoms with Gasteiger partial charge in [0.15, 0.2) is 0 Å². The Labute approximate surface area is 138 Å². The Kier molecular flexibility index (Phi) is 6.36. The maximum atomic E-state index is 12.1. The first kappa shape index (κ1) is 17.7. The van der Waals surface area contributed by atoms with Crippen molar-refractivity contribution in [1.29, 1.82) is 0 Å². The predicted octanol–water partition coefficient (Wildman–Crippen LogP) is 2.28. The third-order valence-corrected chi connectivity index (χ3v) is 5.32. The van der Waals surface area contributed by atoms with Gasteiger partial charge in [0.05, 0.1) is 11.4 Å². The Hall–Kier alpha value is -1.66. The number of aryl methyl sites for hydroxylation is 1. The molecule has 0 heterocycles. The standard InChI is InChI=1S/C17H24N2O3S/c1-14-7-9-16(10-8-14)23(21,22)19-13-17(20)18-12-11-15-5-3-2-4-6-15/h5,7-10,19H,2-4,6,11-13H2,1H3,(H,18,20). The van der Waals surface area contributed by atoms with Crippen molar-refractivity contribution in [2.45, 2.75) is 43.9 Å². The fourth-order valence-corrected chi connectivity index (χ4v) is 3.50. The molecule has 5 nitrogen and oxygen atoms in total. The van der Waals surface area contributed by atoms with Crippen LogP contribution in [-0.4, -0.2) is 27.4 Å². The van der Waals surface area contributed by atoms with Crippen molar-refractivity contribution in [3.8, 4) is 0 Å². The quantitative estimate of drug-likeness (QED) is 0.750. The largest absolute Gasteiger partial charge is 0.355 e. The van der Waals surface area contributed by atoms with Gasteiger partial charge in [-0.1, -0.05) is 29.3 Å². The number of hydrogen-bond acceptors (Lipinski definition) is 3. The smallest absolute Gasteiger partial charge is 0.241 e. The molecule has 0 bridgehead atoms. The summed E-state index contributed by atoms with van der Waals surface area (Å²) in [5.41, 5.74) is 2.37. The number of carbonyl (C=O) groups is 1. The first-order chi connectivity index (χ1) is 11.0. The van der Waals surface area contributed by atoms with Crippen molar-refractivity contribution < 1.29 is 13.2 Å². The van der Waals surface area contributed by atoms with Crippen molar-refractivity contribution in [2.24, 2.45) is 0 Å². The molecule has 6 heteroatoms. The van der Waals surface area contributed by atoms with E-state index in [0.717, 1.165) is 24.8 Å². The molecule has 1 aromatic carbocycles. The van der Waals surface area contributed by atoms with Crippen LogP contribution in [-0.2, 0) is 14.8 Å². The van der Waals surface area contributed by atoms with Crippen LogP contribution in [0.15, 0.2) is 40.8 Å². The normalized spacial score (nSPS) is 15.1. The highest BCUT2D eigenvalue weighted by Crippen LogP contribution is 2.19. The molecule has 0 saturated heterocycles. The fraction of sp³-hybridized carbons (Fsp3) is 0.471. The first-order valence-corrected chi connectivity index (χ1v) is 9.46. The number of amides is 1. The maximum absolute atomic E-state index is 12.1. The summed E-state index contributed by atoms with van der Waals surface area (Å²) in [6.45, 7) is 2.20. The number of allylic oxidation sites excluding steroid dienone is 1. The second-order valence-electron chi connectivity index (χ2n) is 5.85. The topological polar surface area (TPSA) is 75.3 Å². The number of carbonyl (C=O) groups excluding carboxylic acids is 1. The third kappa shape index (κ3) is 5.80. The molecular formula is C17H24N2O3S. The molecule has 126 valence electrons. The van der Waals surface area contributed by atoms with Crippen LogP contribution in [0.5, 0.6) is 0 Å². The summed E-state index contributed by atoms with van der Waals surface area (Å²) in [4.78, 5) is 11.9. The number of rotatable bonds is 7. The van der Waals surface area contributed by atoms with E-state index in [1.807, 2.05) is 6.92 Å². The van der Waals surface area contributed by atoms with Gasteiger partial charge in [0.25, 0.3) is 0 Å². The fourth-order valence-electron chi connectivity index (χ4n) is 2.52. The minimum atomic E-state index is -3.64. The SMILES string of the molecule is Cc1ccc(S(=O)(=O)NCC(=O)NCCC2=CCCCC2)cc1. The van der Waals surface area contributed by atoms with E-state index in [0.29, 0.717) is 6.54 Å². The van der Waals surface area contributed by atoms with E-state index in [1.54, 1.807) is 12.1 Å². The van der Waals surface area contributed by atoms with E-state index in [2.05, 4.69) is 16.1 Å². The Morgan fingerprint density at radius 1 is 1.17 bits per heavy atom. The highest BCUT2D eigenvalue weighted by atomic mass is 32.2. The minimum absolute atomic E-state index is 0.170. The maximum Gasteiger partial charge on any atom is 0.241 e. The van der Waals surface area contributed by atoms with Gasteiger partial charge in [-0.05, 0) is 51.2 Å². The lowest BCUT2D eigenvalue weighted by molar-refractivity contribution is -0.119. The lowest BCUT2D eigenvalue weighted by Gasteiger charge is -2.13. The molecule has 1 aromatic rings. The summed E-state index contributed by atoms with van der Waals surface area (Å²) >= 11 is 0. The summed E-state index contributed by atoms with van der Waals surface area (Å²) in [5, 5.41) is 2.76. The molecule has 0 atom stereocenters. The molecule has 1 aliphatic carbocycles. The molecule has 0 aliphatic heterocycles. The molecule has 23 heavy (non-hydrogen) atoms. The van der Waals surface area contributed by atoms with Gasteiger partial charge in [-0.3, -0.25) is 4.79 Å². The zero-order chi connectivity index (χ0) is 16.7. The molecule has 2 rings (SSSR count). The van der Waals surface area contributed by atoms with Crippen LogP contribution in [0.25, 0.3) is 0 Å². The molecule has 0 saturated carbocycles. The Balaban J connectivity index is 1.75. The van der Waals surface area contributed by atoms with Gasteiger partial charge >= 0.3 is 0 Å². The molecule has 0 spiro atoms. The Morgan fingerprint density at radius 3 is 2.57 bits per heavy atom. The summed E-state index contributed by atoms with van der Waals surface area (Å²) in [5.74, 6) is -0.308. The Bertz CT molecular complexity index is 664. The first-order valence-electron chi connectivity index (χ1n) is 7.98. The molecule has 1 amide bonds. The molecule has 0 unspecified atom stereocenters. The molecule has 0 aromatic heterocycles. The average molecular weight is 336 g/mol. The molecular weight excluding hydrogens is 312 g/mol. The number of benzene rings is 1. The summed E-state index contributed by atoms with van der Waals surface area (Å²) in [7, 11) is -3.64. The molecule has 0 radical (unpaired) electrons. The van der Waals surface area contributed by atoms with Crippen molar-refractivity contribution in [3.05, 3.63) is 41.5 Å². The van der Waals surface area contributed by atoms with E-state index in [-0.39, 0.29) is 17.3 Å². The van der Waals surface area contributed by atoms with Crippen LogP contribution >= 0.6 is 0 Å². The second kappa shape index (κ2) is 8.26. The zero-order valence-electron chi connectivity index (χ0n) is 13.5. The van der Waals surface area contributed by atoms with Crippen LogP contribution < -0.4 is 10.0 Å². The van der Waals surface area contributed by atoms with Gasteiger partial charge in [0.2, 0.25) is 15.9 Å². The average Bonchev–Trinajstić information content (AvgIpc) is 2.54. The van der Waals surface area contributed by atoms with E-state index in [9.17, 15) is 13.2 Å². The summed E-state index contributed by atoms with van der Waals surface area (Å²) in [6, 6.07) is 6.52.